The largest absolute Gasteiger partial charge is 0.378 e. The molecule has 0 radical (unpaired) electrons. The van der Waals surface area contributed by atoms with Crippen molar-refractivity contribution in [1.29, 1.82) is 0 Å². The molecule has 0 spiro atoms. The number of hydrogen-bond acceptors (Lipinski definition) is 5. The lowest BCUT2D eigenvalue weighted by Gasteiger charge is -2.29. The number of nitro benzene ring substituents is 1. The predicted molar refractivity (Wildman–Crippen MR) is 61.5 cm³/mol. The molecule has 1 aromatic carbocycles. The average molecular weight is 236 g/mol. The molecule has 6 nitrogen and oxygen atoms in total. The van der Waals surface area contributed by atoms with Crippen molar-refractivity contribution in [2.75, 3.05) is 31.2 Å². The van der Waals surface area contributed by atoms with Crippen LogP contribution in [0.4, 0.5) is 11.4 Å². The summed E-state index contributed by atoms with van der Waals surface area (Å²) in [5.74, 6) is 0. The van der Waals surface area contributed by atoms with Crippen LogP contribution in [0.25, 0.3) is 0 Å². The maximum atomic E-state index is 10.9. The zero-order valence-corrected chi connectivity index (χ0v) is 9.17. The second kappa shape index (κ2) is 4.92. The Bertz CT molecular complexity index is 441. The van der Waals surface area contributed by atoms with Crippen molar-refractivity contribution in [3.05, 3.63) is 33.9 Å². The molecule has 1 heterocycles. The molecule has 0 N–H and O–H groups in total. The van der Waals surface area contributed by atoms with Gasteiger partial charge in [0.1, 0.15) is 0 Å². The van der Waals surface area contributed by atoms with Crippen LogP contribution in [0.15, 0.2) is 18.2 Å². The smallest absolute Gasteiger partial charge is 0.271 e. The van der Waals surface area contributed by atoms with Crippen LogP contribution < -0.4 is 4.90 Å². The number of carbonyl (C=O) groups is 1. The van der Waals surface area contributed by atoms with E-state index in [0.29, 0.717) is 43.8 Å². The summed E-state index contributed by atoms with van der Waals surface area (Å²) in [4.78, 5) is 23.1. The highest BCUT2D eigenvalue weighted by molar-refractivity contribution is 5.85. The first-order valence-corrected chi connectivity index (χ1v) is 5.28. The minimum absolute atomic E-state index is 0.00269. The van der Waals surface area contributed by atoms with Crippen molar-refractivity contribution < 1.29 is 14.5 Å². The van der Waals surface area contributed by atoms with Crippen molar-refractivity contribution in [2.24, 2.45) is 0 Å². The third kappa shape index (κ3) is 2.42. The van der Waals surface area contributed by atoms with Gasteiger partial charge in [-0.2, -0.15) is 0 Å². The van der Waals surface area contributed by atoms with Crippen molar-refractivity contribution in [3.63, 3.8) is 0 Å². The molecule has 1 aromatic rings. The van der Waals surface area contributed by atoms with E-state index in [1.807, 2.05) is 4.90 Å². The Kier molecular flexibility index (Phi) is 3.34. The number of morpholine rings is 1. The van der Waals surface area contributed by atoms with E-state index in [-0.39, 0.29) is 5.69 Å². The van der Waals surface area contributed by atoms with Crippen molar-refractivity contribution in [2.45, 2.75) is 0 Å². The van der Waals surface area contributed by atoms with Crippen LogP contribution in [-0.4, -0.2) is 37.5 Å². The van der Waals surface area contributed by atoms with Gasteiger partial charge in [0.25, 0.3) is 5.69 Å². The summed E-state index contributed by atoms with van der Waals surface area (Å²) in [6, 6.07) is 4.26. The number of carbonyl (C=O) groups excluding carboxylic acids is 1. The number of non-ortho nitro benzene ring substituents is 1. The van der Waals surface area contributed by atoms with E-state index >= 15 is 0 Å². The topological polar surface area (TPSA) is 72.7 Å². The van der Waals surface area contributed by atoms with Gasteiger partial charge in [0.2, 0.25) is 0 Å². The Morgan fingerprint density at radius 2 is 2.06 bits per heavy atom. The lowest BCUT2D eigenvalue weighted by molar-refractivity contribution is -0.384. The molecule has 0 atom stereocenters. The van der Waals surface area contributed by atoms with Gasteiger partial charge in [-0.25, -0.2) is 0 Å². The summed E-state index contributed by atoms with van der Waals surface area (Å²) in [6.07, 6.45) is 0.717. The van der Waals surface area contributed by atoms with Crippen molar-refractivity contribution in [1.82, 2.24) is 0 Å². The Balaban J connectivity index is 2.37. The minimum atomic E-state index is -0.460. The van der Waals surface area contributed by atoms with Crippen molar-refractivity contribution in [3.8, 4) is 0 Å². The van der Waals surface area contributed by atoms with Gasteiger partial charge in [-0.15, -0.1) is 0 Å². The average Bonchev–Trinajstić information content (AvgIpc) is 2.39. The van der Waals surface area contributed by atoms with Gasteiger partial charge in [0.05, 0.1) is 23.8 Å². The van der Waals surface area contributed by atoms with E-state index in [9.17, 15) is 14.9 Å². The van der Waals surface area contributed by atoms with Crippen LogP contribution >= 0.6 is 0 Å². The quantitative estimate of drug-likeness (QED) is 0.448. The van der Waals surface area contributed by atoms with Crippen LogP contribution in [0.1, 0.15) is 10.4 Å². The molecule has 0 unspecified atom stereocenters. The van der Waals surface area contributed by atoms with Gasteiger partial charge in [-0.05, 0) is 6.07 Å². The van der Waals surface area contributed by atoms with Crippen molar-refractivity contribution >= 4 is 17.7 Å². The summed E-state index contributed by atoms with van der Waals surface area (Å²) in [7, 11) is 0. The molecule has 1 saturated heterocycles. The molecule has 0 aromatic heterocycles. The Labute approximate surface area is 97.9 Å². The molecule has 90 valence electrons. The van der Waals surface area contributed by atoms with Gasteiger partial charge in [0.15, 0.2) is 6.29 Å². The molecule has 1 aliphatic rings. The Morgan fingerprint density at radius 3 is 2.65 bits per heavy atom. The van der Waals surface area contributed by atoms with E-state index in [4.69, 9.17) is 4.74 Å². The Morgan fingerprint density at radius 1 is 1.35 bits per heavy atom. The summed E-state index contributed by atoms with van der Waals surface area (Å²) in [5.41, 5.74) is 1.08. The van der Waals surface area contributed by atoms with E-state index < -0.39 is 4.92 Å². The highest BCUT2D eigenvalue weighted by Gasteiger charge is 2.17. The van der Waals surface area contributed by atoms with E-state index in [0.717, 1.165) is 0 Å². The summed E-state index contributed by atoms with van der Waals surface area (Å²) in [5, 5.41) is 10.7. The number of hydrogen-bond donors (Lipinski definition) is 0. The zero-order valence-electron chi connectivity index (χ0n) is 9.17. The summed E-state index contributed by atoms with van der Waals surface area (Å²) < 4.78 is 5.21. The van der Waals surface area contributed by atoms with E-state index in [1.54, 1.807) is 0 Å². The van der Waals surface area contributed by atoms with Gasteiger partial charge >= 0.3 is 0 Å². The molecular formula is C11H12N2O4. The minimum Gasteiger partial charge on any atom is -0.378 e. The number of nitrogens with zero attached hydrogens (tertiary/aromatic N) is 2. The molecule has 0 bridgehead atoms. The first-order chi connectivity index (χ1) is 8.22. The molecule has 0 saturated carbocycles. The molecule has 1 aliphatic heterocycles. The van der Waals surface area contributed by atoms with Gasteiger partial charge in [0, 0.05) is 30.8 Å². The van der Waals surface area contributed by atoms with Gasteiger partial charge in [-0.1, -0.05) is 0 Å². The number of rotatable bonds is 3. The first-order valence-electron chi connectivity index (χ1n) is 5.28. The molecule has 0 amide bonds. The predicted octanol–water partition coefficient (Wildman–Crippen LogP) is 1.24. The maximum Gasteiger partial charge on any atom is 0.271 e. The molecule has 17 heavy (non-hydrogen) atoms. The van der Waals surface area contributed by atoms with E-state index in [2.05, 4.69) is 0 Å². The standard InChI is InChI=1S/C11H12N2O4/c14-8-9-1-2-10(13(15)16)7-11(9)12-3-5-17-6-4-12/h1-2,7-8H,3-6H2. The third-order valence-corrected chi connectivity index (χ3v) is 2.70. The van der Waals surface area contributed by atoms with E-state index in [1.165, 1.54) is 18.2 Å². The Hall–Kier alpha value is -1.95. The number of anilines is 1. The fourth-order valence-electron chi connectivity index (χ4n) is 1.82. The number of benzene rings is 1. The monoisotopic (exact) mass is 236 g/mol. The fourth-order valence-corrected chi connectivity index (χ4v) is 1.82. The molecule has 6 heteroatoms. The van der Waals surface area contributed by atoms with Crippen LogP contribution in [0, 0.1) is 10.1 Å². The lowest BCUT2D eigenvalue weighted by atomic mass is 10.1. The molecule has 2 rings (SSSR count). The van der Waals surface area contributed by atoms with Crippen LogP contribution in [-0.2, 0) is 4.74 Å². The summed E-state index contributed by atoms with van der Waals surface area (Å²) in [6.45, 7) is 2.42. The highest BCUT2D eigenvalue weighted by Crippen LogP contribution is 2.25. The zero-order chi connectivity index (χ0) is 12.3. The SMILES string of the molecule is O=Cc1ccc([N+](=O)[O-])cc1N1CCOCC1. The second-order valence-corrected chi connectivity index (χ2v) is 3.72. The van der Waals surface area contributed by atoms with Crippen LogP contribution in [0.3, 0.4) is 0 Å². The number of nitro groups is 1. The van der Waals surface area contributed by atoms with Gasteiger partial charge in [-0.3, -0.25) is 14.9 Å². The molecular weight excluding hydrogens is 224 g/mol. The third-order valence-electron chi connectivity index (χ3n) is 2.70. The summed E-state index contributed by atoms with van der Waals surface area (Å²) >= 11 is 0. The maximum absolute atomic E-state index is 10.9. The fraction of sp³-hybridized carbons (Fsp3) is 0.364. The lowest BCUT2D eigenvalue weighted by Crippen LogP contribution is -2.36. The normalized spacial score (nSPS) is 15.6. The number of aldehydes is 1. The van der Waals surface area contributed by atoms with Crippen LogP contribution in [0.2, 0.25) is 0 Å². The molecule has 0 aliphatic carbocycles. The first kappa shape index (κ1) is 11.5. The van der Waals surface area contributed by atoms with Gasteiger partial charge < -0.3 is 9.64 Å². The second-order valence-electron chi connectivity index (χ2n) is 3.72. The highest BCUT2D eigenvalue weighted by atomic mass is 16.6. The van der Waals surface area contributed by atoms with Crippen LogP contribution in [0.5, 0.6) is 0 Å². The number of ether oxygens (including phenoxy) is 1. The molecule has 1 fully saturated rings.